The highest BCUT2D eigenvalue weighted by Gasteiger charge is 2.23. The van der Waals surface area contributed by atoms with Gasteiger partial charge in [-0.3, -0.25) is 4.79 Å². The molecule has 2 aromatic heterocycles. The van der Waals surface area contributed by atoms with E-state index in [4.69, 9.17) is 0 Å². The van der Waals surface area contributed by atoms with Crippen LogP contribution in [-0.4, -0.2) is 31.4 Å². The molecule has 2 heterocycles. The van der Waals surface area contributed by atoms with Gasteiger partial charge in [0, 0.05) is 27.9 Å². The maximum absolute atomic E-state index is 12.5. The van der Waals surface area contributed by atoms with E-state index >= 15 is 0 Å². The molecule has 0 spiro atoms. The average molecular weight is 506 g/mol. The Morgan fingerprint density at radius 3 is 2.73 bits per heavy atom. The molecule has 158 valence electrons. The first-order valence-corrected chi connectivity index (χ1v) is 12.9. The minimum atomic E-state index is -0.0819. The van der Waals surface area contributed by atoms with Crippen molar-refractivity contribution in [1.82, 2.24) is 19.7 Å². The third kappa shape index (κ3) is 5.12. The molecule has 1 amide bonds. The molecule has 1 fully saturated rings. The monoisotopic (exact) mass is 505 g/mol. The van der Waals surface area contributed by atoms with Gasteiger partial charge >= 0.3 is 0 Å². The molecule has 9 heteroatoms. The first-order valence-electron chi connectivity index (χ1n) is 10.2. The van der Waals surface area contributed by atoms with E-state index in [0.29, 0.717) is 11.0 Å². The van der Waals surface area contributed by atoms with E-state index in [9.17, 15) is 4.79 Å². The van der Waals surface area contributed by atoms with Crippen LogP contribution in [0.3, 0.4) is 0 Å². The zero-order chi connectivity index (χ0) is 20.9. The van der Waals surface area contributed by atoms with Crippen molar-refractivity contribution in [1.29, 1.82) is 0 Å². The van der Waals surface area contributed by atoms with Crippen molar-refractivity contribution in [3.8, 4) is 11.3 Å². The van der Waals surface area contributed by atoms with Gasteiger partial charge < -0.3 is 9.88 Å². The Morgan fingerprint density at radius 2 is 2.00 bits per heavy atom. The summed E-state index contributed by atoms with van der Waals surface area (Å²) in [5.74, 6) is 1.79. The van der Waals surface area contributed by atoms with E-state index in [-0.39, 0.29) is 11.7 Å². The van der Waals surface area contributed by atoms with Gasteiger partial charge in [-0.2, -0.15) is 0 Å². The molecular formula is C21H24BrN5OS2. The lowest BCUT2D eigenvalue weighted by atomic mass is 9.89. The fourth-order valence-electron chi connectivity index (χ4n) is 3.74. The molecule has 30 heavy (non-hydrogen) atoms. The number of hydrogen-bond acceptors (Lipinski definition) is 6. The summed E-state index contributed by atoms with van der Waals surface area (Å²) in [6.45, 7) is 2.94. The molecule has 0 unspecified atom stereocenters. The number of nitrogens with one attached hydrogen (secondary N) is 1. The van der Waals surface area contributed by atoms with Gasteiger partial charge in [-0.05, 0) is 31.9 Å². The van der Waals surface area contributed by atoms with Gasteiger partial charge in [0.05, 0.1) is 11.4 Å². The van der Waals surface area contributed by atoms with Gasteiger partial charge in [-0.25, -0.2) is 4.98 Å². The van der Waals surface area contributed by atoms with Crippen molar-refractivity contribution in [3.63, 3.8) is 0 Å². The highest BCUT2D eigenvalue weighted by molar-refractivity contribution is 9.10. The molecule has 0 saturated heterocycles. The lowest BCUT2D eigenvalue weighted by molar-refractivity contribution is -0.113. The molecule has 1 saturated carbocycles. The Bertz CT molecular complexity index is 995. The molecule has 4 rings (SSSR count). The molecule has 1 N–H and O–H groups in total. The normalized spacial score (nSPS) is 14.7. The topological polar surface area (TPSA) is 72.7 Å². The largest absolute Gasteiger partial charge is 0.306 e. The fraction of sp³-hybridized carbons (Fsp3) is 0.429. The molecule has 1 aromatic carbocycles. The van der Waals surface area contributed by atoms with Gasteiger partial charge in [0.1, 0.15) is 5.82 Å². The fourth-order valence-corrected chi connectivity index (χ4v) is 5.55. The van der Waals surface area contributed by atoms with Crippen LogP contribution in [0.15, 0.2) is 39.3 Å². The summed E-state index contributed by atoms with van der Waals surface area (Å²) < 4.78 is 3.20. The van der Waals surface area contributed by atoms with Crippen LogP contribution in [0.25, 0.3) is 11.3 Å². The zero-order valence-electron chi connectivity index (χ0n) is 16.8. The van der Waals surface area contributed by atoms with Crippen molar-refractivity contribution in [3.05, 3.63) is 39.9 Å². The van der Waals surface area contributed by atoms with Gasteiger partial charge in [0.2, 0.25) is 5.91 Å². The second-order valence-electron chi connectivity index (χ2n) is 7.30. The van der Waals surface area contributed by atoms with E-state index in [1.807, 2.05) is 29.6 Å². The average Bonchev–Trinajstić information content (AvgIpc) is 3.40. The smallest absolute Gasteiger partial charge is 0.236 e. The van der Waals surface area contributed by atoms with Crippen LogP contribution in [0.4, 0.5) is 5.13 Å². The van der Waals surface area contributed by atoms with Crippen molar-refractivity contribution >= 4 is 50.1 Å². The number of nitrogens with zero attached hydrogens (tertiary/aromatic N) is 4. The second kappa shape index (κ2) is 10.1. The second-order valence-corrected chi connectivity index (χ2v) is 10.0. The van der Waals surface area contributed by atoms with Crippen molar-refractivity contribution in [2.24, 2.45) is 0 Å². The van der Waals surface area contributed by atoms with Crippen LogP contribution < -0.4 is 5.32 Å². The first kappa shape index (κ1) is 21.5. The van der Waals surface area contributed by atoms with Crippen LogP contribution in [0, 0.1) is 0 Å². The minimum absolute atomic E-state index is 0.0819. The van der Waals surface area contributed by atoms with Crippen molar-refractivity contribution < 1.29 is 4.79 Å². The molecular weight excluding hydrogens is 482 g/mol. The predicted molar refractivity (Wildman–Crippen MR) is 126 cm³/mol. The van der Waals surface area contributed by atoms with Gasteiger partial charge in [0.25, 0.3) is 0 Å². The highest BCUT2D eigenvalue weighted by Crippen LogP contribution is 2.33. The molecule has 0 bridgehead atoms. The Kier molecular flexibility index (Phi) is 7.22. The molecule has 0 radical (unpaired) electrons. The van der Waals surface area contributed by atoms with E-state index in [0.717, 1.165) is 33.3 Å². The number of anilines is 1. The van der Waals surface area contributed by atoms with E-state index in [1.54, 1.807) is 0 Å². The number of hydrogen-bond donors (Lipinski definition) is 1. The number of rotatable bonds is 7. The number of thiazole rings is 1. The molecule has 1 aliphatic rings. The lowest BCUT2D eigenvalue weighted by Crippen LogP contribution is -2.15. The Balaban J connectivity index is 1.35. The van der Waals surface area contributed by atoms with E-state index in [1.165, 1.54) is 55.2 Å². The van der Waals surface area contributed by atoms with Crippen LogP contribution >= 0.6 is 39.0 Å². The molecule has 3 aromatic rings. The summed E-state index contributed by atoms with van der Waals surface area (Å²) >= 11 is 6.31. The standard InChI is InChI=1S/C21H24BrN5OS2/c1-2-27-19(15-6-4-3-5-7-15)25-26-21(27)30-13-18(28)24-20-23-17(12-29-20)14-8-10-16(22)11-9-14/h8-12,15H,2-7,13H2,1H3,(H,23,24,28). The number of halogens is 1. The van der Waals surface area contributed by atoms with Crippen molar-refractivity contribution in [2.45, 2.75) is 56.6 Å². The van der Waals surface area contributed by atoms with E-state index < -0.39 is 0 Å². The molecule has 1 aliphatic carbocycles. The van der Waals surface area contributed by atoms with E-state index in [2.05, 4.69) is 47.9 Å². The molecule has 0 atom stereocenters. The van der Waals surface area contributed by atoms with Crippen LogP contribution in [0.2, 0.25) is 0 Å². The van der Waals surface area contributed by atoms with Gasteiger partial charge in [-0.1, -0.05) is 59.1 Å². The summed E-state index contributed by atoms with van der Waals surface area (Å²) in [7, 11) is 0. The van der Waals surface area contributed by atoms with Gasteiger partial charge in [0.15, 0.2) is 10.3 Å². The number of carbonyl (C=O) groups is 1. The summed E-state index contributed by atoms with van der Waals surface area (Å²) in [4.78, 5) is 17.0. The minimum Gasteiger partial charge on any atom is -0.306 e. The summed E-state index contributed by atoms with van der Waals surface area (Å²) in [6.07, 6.45) is 6.23. The summed E-state index contributed by atoms with van der Waals surface area (Å²) in [5.41, 5.74) is 1.88. The number of aromatic nitrogens is 4. The quantitative estimate of drug-likeness (QED) is 0.400. The SMILES string of the molecule is CCn1c(SCC(=O)Nc2nc(-c3ccc(Br)cc3)cs2)nnc1C1CCCCC1. The third-order valence-corrected chi connectivity index (χ3v) is 7.51. The number of thioether (sulfide) groups is 1. The maximum Gasteiger partial charge on any atom is 0.236 e. The number of carbonyl (C=O) groups excluding carboxylic acids is 1. The summed E-state index contributed by atoms with van der Waals surface area (Å²) in [6, 6.07) is 7.97. The Labute approximate surface area is 193 Å². The maximum atomic E-state index is 12.5. The lowest BCUT2D eigenvalue weighted by Gasteiger charge is -2.21. The zero-order valence-corrected chi connectivity index (χ0v) is 20.0. The molecule has 6 nitrogen and oxygen atoms in total. The van der Waals surface area contributed by atoms with Gasteiger partial charge in [-0.15, -0.1) is 21.5 Å². The first-order chi connectivity index (χ1) is 14.6. The van der Waals surface area contributed by atoms with Crippen LogP contribution in [0.5, 0.6) is 0 Å². The van der Waals surface area contributed by atoms with Crippen LogP contribution in [-0.2, 0) is 11.3 Å². The summed E-state index contributed by atoms with van der Waals surface area (Å²) in [5, 5.41) is 15.1. The van der Waals surface area contributed by atoms with Crippen molar-refractivity contribution in [2.75, 3.05) is 11.1 Å². The number of amides is 1. The third-order valence-electron chi connectivity index (χ3n) is 5.25. The molecule has 0 aliphatic heterocycles. The predicted octanol–water partition coefficient (Wildman–Crippen LogP) is 5.96. The number of benzene rings is 1. The van der Waals surface area contributed by atoms with Crippen LogP contribution in [0.1, 0.15) is 50.8 Å². The highest BCUT2D eigenvalue weighted by atomic mass is 79.9. The Morgan fingerprint density at radius 1 is 1.23 bits per heavy atom. The Hall–Kier alpha value is -1.71.